The van der Waals surface area contributed by atoms with Crippen LogP contribution < -0.4 is 9.64 Å². The molecular weight excluding hydrogens is 386 g/mol. The summed E-state index contributed by atoms with van der Waals surface area (Å²) in [4.78, 5) is 21.6. The van der Waals surface area contributed by atoms with Crippen molar-refractivity contribution >= 4 is 11.7 Å². The second kappa shape index (κ2) is 9.36. The van der Waals surface area contributed by atoms with E-state index in [-0.39, 0.29) is 5.91 Å². The molecule has 0 radical (unpaired) electrons. The van der Waals surface area contributed by atoms with E-state index in [2.05, 4.69) is 21.7 Å². The molecule has 31 heavy (non-hydrogen) atoms. The molecular formula is C26H25N3O2. The highest BCUT2D eigenvalue weighted by Gasteiger charge is 2.23. The van der Waals surface area contributed by atoms with Gasteiger partial charge in [0.05, 0.1) is 12.7 Å². The second-order valence-corrected chi connectivity index (χ2v) is 7.50. The van der Waals surface area contributed by atoms with E-state index in [0.29, 0.717) is 30.0 Å². The Labute approximate surface area is 183 Å². The number of benzene rings is 2. The van der Waals surface area contributed by atoms with Crippen molar-refractivity contribution in [2.45, 2.75) is 6.92 Å². The molecule has 3 aromatic rings. The Kier molecular flexibility index (Phi) is 6.18. The molecule has 0 unspecified atom stereocenters. The molecule has 1 amide bonds. The number of piperazine rings is 1. The molecule has 0 atom stereocenters. The quantitative estimate of drug-likeness (QED) is 0.616. The van der Waals surface area contributed by atoms with Crippen LogP contribution in [-0.4, -0.2) is 49.1 Å². The molecule has 0 spiro atoms. The fourth-order valence-corrected chi connectivity index (χ4v) is 3.66. The maximum Gasteiger partial charge on any atom is 0.254 e. The molecule has 4 rings (SSSR count). The van der Waals surface area contributed by atoms with Crippen LogP contribution in [0.4, 0.5) is 5.82 Å². The lowest BCUT2D eigenvalue weighted by molar-refractivity contribution is 0.0746. The predicted octanol–water partition coefficient (Wildman–Crippen LogP) is 3.76. The number of anilines is 1. The number of carbonyl (C=O) groups excluding carboxylic acids is 1. The summed E-state index contributed by atoms with van der Waals surface area (Å²) >= 11 is 0. The van der Waals surface area contributed by atoms with Crippen LogP contribution in [0.5, 0.6) is 5.75 Å². The average molecular weight is 412 g/mol. The fourth-order valence-electron chi connectivity index (χ4n) is 3.66. The molecule has 1 saturated heterocycles. The minimum atomic E-state index is 0.0157. The van der Waals surface area contributed by atoms with Crippen LogP contribution in [0, 0.1) is 18.8 Å². The van der Waals surface area contributed by atoms with Crippen molar-refractivity contribution in [2.75, 3.05) is 38.2 Å². The van der Waals surface area contributed by atoms with Crippen LogP contribution in [-0.2, 0) is 0 Å². The third-order valence-electron chi connectivity index (χ3n) is 5.35. The molecule has 1 aliphatic rings. The number of hydrogen-bond donors (Lipinski definition) is 0. The summed E-state index contributed by atoms with van der Waals surface area (Å²) in [7, 11) is 1.62. The van der Waals surface area contributed by atoms with E-state index in [1.807, 2.05) is 72.5 Å². The Bertz CT molecular complexity index is 1120. The summed E-state index contributed by atoms with van der Waals surface area (Å²) in [6, 6.07) is 19.4. The molecule has 0 saturated carbocycles. The third-order valence-corrected chi connectivity index (χ3v) is 5.35. The number of aryl methyl sites for hydroxylation is 1. The van der Waals surface area contributed by atoms with Crippen LogP contribution in [0.1, 0.15) is 27.0 Å². The highest BCUT2D eigenvalue weighted by Crippen LogP contribution is 2.21. The molecule has 5 nitrogen and oxygen atoms in total. The molecule has 2 heterocycles. The highest BCUT2D eigenvalue weighted by molar-refractivity contribution is 5.95. The van der Waals surface area contributed by atoms with Crippen LogP contribution in [0.15, 0.2) is 66.9 Å². The van der Waals surface area contributed by atoms with Crippen LogP contribution in [0.2, 0.25) is 0 Å². The molecule has 1 aliphatic heterocycles. The Balaban J connectivity index is 1.50. The Morgan fingerprint density at radius 1 is 0.968 bits per heavy atom. The summed E-state index contributed by atoms with van der Waals surface area (Å²) < 4.78 is 5.46. The number of aromatic nitrogens is 1. The largest absolute Gasteiger partial charge is 0.495 e. The topological polar surface area (TPSA) is 45.7 Å². The summed E-state index contributed by atoms with van der Waals surface area (Å²) in [5.41, 5.74) is 3.43. The summed E-state index contributed by atoms with van der Waals surface area (Å²) in [5, 5.41) is 0. The normalized spacial score (nSPS) is 13.4. The van der Waals surface area contributed by atoms with Gasteiger partial charge in [-0.05, 0) is 55.0 Å². The van der Waals surface area contributed by atoms with E-state index >= 15 is 0 Å². The van der Waals surface area contributed by atoms with Crippen molar-refractivity contribution in [3.63, 3.8) is 0 Å². The van der Waals surface area contributed by atoms with Gasteiger partial charge in [-0.15, -0.1) is 0 Å². The van der Waals surface area contributed by atoms with Gasteiger partial charge in [0.2, 0.25) is 0 Å². The SMILES string of the molecule is COc1ccc(C(=O)N2CCN(c3ccccn3)CC2)cc1C#Cc1cccc(C)c1. The minimum absolute atomic E-state index is 0.0157. The predicted molar refractivity (Wildman–Crippen MR) is 123 cm³/mol. The second-order valence-electron chi connectivity index (χ2n) is 7.50. The van der Waals surface area contributed by atoms with Crippen LogP contribution in [0.3, 0.4) is 0 Å². The minimum Gasteiger partial charge on any atom is -0.495 e. The molecule has 2 aromatic carbocycles. The maximum atomic E-state index is 13.1. The maximum absolute atomic E-state index is 13.1. The zero-order chi connectivity index (χ0) is 21.6. The third kappa shape index (κ3) is 4.87. The van der Waals surface area contributed by atoms with E-state index in [1.54, 1.807) is 13.3 Å². The van der Waals surface area contributed by atoms with Gasteiger partial charge in [0.25, 0.3) is 5.91 Å². The lowest BCUT2D eigenvalue weighted by Gasteiger charge is -2.35. The van der Waals surface area contributed by atoms with Crippen molar-refractivity contribution in [1.29, 1.82) is 0 Å². The van der Waals surface area contributed by atoms with Crippen molar-refractivity contribution < 1.29 is 9.53 Å². The van der Waals surface area contributed by atoms with Crippen LogP contribution >= 0.6 is 0 Å². The first kappa shape index (κ1) is 20.5. The number of hydrogen-bond acceptors (Lipinski definition) is 4. The number of rotatable bonds is 3. The molecule has 5 heteroatoms. The van der Waals surface area contributed by atoms with E-state index in [9.17, 15) is 4.79 Å². The standard InChI is InChI=1S/C26H25N3O2/c1-20-6-5-7-21(18-20)9-10-22-19-23(11-12-24(22)31-2)26(30)29-16-14-28(15-17-29)25-8-3-4-13-27-25/h3-8,11-13,18-19H,14-17H2,1-2H3. The lowest BCUT2D eigenvalue weighted by Crippen LogP contribution is -2.49. The van der Waals surface area contributed by atoms with Gasteiger partial charge in [-0.1, -0.05) is 30.0 Å². The Morgan fingerprint density at radius 3 is 2.52 bits per heavy atom. The summed E-state index contributed by atoms with van der Waals surface area (Å²) in [5.74, 6) is 7.98. The van der Waals surface area contributed by atoms with Gasteiger partial charge in [-0.3, -0.25) is 4.79 Å². The van der Waals surface area contributed by atoms with Crippen molar-refractivity contribution in [3.05, 3.63) is 89.1 Å². The van der Waals surface area contributed by atoms with Gasteiger partial charge in [0.15, 0.2) is 0 Å². The lowest BCUT2D eigenvalue weighted by atomic mass is 10.1. The van der Waals surface area contributed by atoms with Crippen molar-refractivity contribution in [3.8, 4) is 17.6 Å². The summed E-state index contributed by atoms with van der Waals surface area (Å²) in [6.07, 6.45) is 1.80. The first-order valence-electron chi connectivity index (χ1n) is 10.4. The van der Waals surface area contributed by atoms with E-state index < -0.39 is 0 Å². The van der Waals surface area contributed by atoms with Crippen molar-refractivity contribution in [2.24, 2.45) is 0 Å². The van der Waals surface area contributed by atoms with Gasteiger partial charge < -0.3 is 14.5 Å². The molecule has 0 aliphatic carbocycles. The first-order chi connectivity index (χ1) is 15.1. The van der Waals surface area contributed by atoms with E-state index in [4.69, 9.17) is 4.74 Å². The monoisotopic (exact) mass is 411 g/mol. The van der Waals surface area contributed by atoms with Gasteiger partial charge in [-0.2, -0.15) is 0 Å². The highest BCUT2D eigenvalue weighted by atomic mass is 16.5. The molecule has 156 valence electrons. The molecule has 1 aromatic heterocycles. The average Bonchev–Trinajstić information content (AvgIpc) is 2.83. The smallest absolute Gasteiger partial charge is 0.254 e. The number of pyridine rings is 1. The number of carbonyl (C=O) groups is 1. The molecule has 0 N–H and O–H groups in total. The Hall–Kier alpha value is -3.78. The van der Waals surface area contributed by atoms with Gasteiger partial charge >= 0.3 is 0 Å². The molecule has 1 fully saturated rings. The Morgan fingerprint density at radius 2 is 1.81 bits per heavy atom. The number of ether oxygens (including phenoxy) is 1. The number of methoxy groups -OCH3 is 1. The molecule has 0 bridgehead atoms. The number of nitrogens with zero attached hydrogens (tertiary/aromatic N) is 3. The van der Waals surface area contributed by atoms with E-state index in [1.165, 1.54) is 0 Å². The van der Waals surface area contributed by atoms with Gasteiger partial charge in [0, 0.05) is 43.5 Å². The van der Waals surface area contributed by atoms with Crippen molar-refractivity contribution in [1.82, 2.24) is 9.88 Å². The van der Waals surface area contributed by atoms with E-state index in [0.717, 1.165) is 30.0 Å². The zero-order valence-corrected chi connectivity index (χ0v) is 17.8. The number of amides is 1. The first-order valence-corrected chi connectivity index (χ1v) is 10.4. The van der Waals surface area contributed by atoms with Crippen LogP contribution in [0.25, 0.3) is 0 Å². The van der Waals surface area contributed by atoms with Gasteiger partial charge in [0.1, 0.15) is 11.6 Å². The van der Waals surface area contributed by atoms with Gasteiger partial charge in [-0.25, -0.2) is 4.98 Å². The summed E-state index contributed by atoms with van der Waals surface area (Å²) in [6.45, 7) is 4.88. The fraction of sp³-hybridized carbons (Fsp3) is 0.231. The zero-order valence-electron chi connectivity index (χ0n) is 17.8.